The van der Waals surface area contributed by atoms with Crippen molar-refractivity contribution in [3.63, 3.8) is 0 Å². The van der Waals surface area contributed by atoms with Gasteiger partial charge in [-0.15, -0.1) is 0 Å². The quantitative estimate of drug-likeness (QED) is 0.797. The van der Waals surface area contributed by atoms with Crippen LogP contribution in [0.4, 0.5) is 11.4 Å². The van der Waals surface area contributed by atoms with E-state index in [1.54, 1.807) is 19.4 Å². The van der Waals surface area contributed by atoms with Gasteiger partial charge in [-0.2, -0.15) is 0 Å². The molecule has 6 heteroatoms. The van der Waals surface area contributed by atoms with Crippen LogP contribution in [0, 0.1) is 0 Å². The van der Waals surface area contributed by atoms with Crippen LogP contribution in [0.2, 0.25) is 0 Å². The highest BCUT2D eigenvalue weighted by Crippen LogP contribution is 2.27. The van der Waals surface area contributed by atoms with Crippen molar-refractivity contribution in [3.8, 4) is 0 Å². The van der Waals surface area contributed by atoms with Crippen molar-refractivity contribution in [2.24, 2.45) is 0 Å². The molecule has 0 radical (unpaired) electrons. The molecule has 0 saturated carbocycles. The molecule has 3 rings (SSSR count). The Bertz CT molecular complexity index is 902. The molecule has 0 fully saturated rings. The van der Waals surface area contributed by atoms with Gasteiger partial charge in [0.2, 0.25) is 5.91 Å². The van der Waals surface area contributed by atoms with Crippen LogP contribution in [-0.4, -0.2) is 37.8 Å². The van der Waals surface area contributed by atoms with Crippen LogP contribution >= 0.6 is 0 Å². The summed E-state index contributed by atoms with van der Waals surface area (Å²) in [6, 6.07) is 9.31. The van der Waals surface area contributed by atoms with Crippen molar-refractivity contribution in [1.82, 2.24) is 4.57 Å². The Kier molecular flexibility index (Phi) is 6.08. The second-order valence-corrected chi connectivity index (χ2v) is 6.68. The minimum absolute atomic E-state index is 0.125. The van der Waals surface area contributed by atoms with E-state index < -0.39 is 0 Å². The molecule has 2 aromatic rings. The molecule has 2 heterocycles. The number of nitrogens with one attached hydrogen (secondary N) is 1. The van der Waals surface area contributed by atoms with Gasteiger partial charge in [0.05, 0.1) is 12.3 Å². The van der Waals surface area contributed by atoms with E-state index in [4.69, 9.17) is 4.74 Å². The number of aromatic nitrogens is 1. The summed E-state index contributed by atoms with van der Waals surface area (Å²) in [6.07, 6.45) is 7.17. The molecule has 1 aromatic heterocycles. The molecule has 1 aromatic carbocycles. The van der Waals surface area contributed by atoms with Gasteiger partial charge in [-0.05, 0) is 48.2 Å². The Labute approximate surface area is 159 Å². The summed E-state index contributed by atoms with van der Waals surface area (Å²) in [5, 5.41) is 2.79. The molecular formula is C21H25N3O3. The second-order valence-electron chi connectivity index (χ2n) is 6.68. The number of benzene rings is 1. The Morgan fingerprint density at radius 1 is 1.30 bits per heavy atom. The van der Waals surface area contributed by atoms with Crippen LogP contribution in [0.3, 0.4) is 0 Å². The zero-order valence-corrected chi connectivity index (χ0v) is 15.8. The largest absolute Gasteiger partial charge is 0.383 e. The fourth-order valence-corrected chi connectivity index (χ4v) is 3.23. The molecule has 1 amide bonds. The molecule has 1 aliphatic heterocycles. The van der Waals surface area contributed by atoms with E-state index in [-0.39, 0.29) is 11.5 Å². The average Bonchev–Trinajstić information content (AvgIpc) is 2.67. The van der Waals surface area contributed by atoms with Crippen LogP contribution in [0.1, 0.15) is 17.5 Å². The van der Waals surface area contributed by atoms with Crippen molar-refractivity contribution < 1.29 is 9.53 Å². The minimum Gasteiger partial charge on any atom is -0.383 e. The molecule has 1 aliphatic rings. The maximum absolute atomic E-state index is 12.2. The lowest BCUT2D eigenvalue weighted by atomic mass is 9.99. The third-order valence-electron chi connectivity index (χ3n) is 4.67. The zero-order valence-electron chi connectivity index (χ0n) is 15.8. The summed E-state index contributed by atoms with van der Waals surface area (Å²) in [6.45, 7) is 1.96. The third-order valence-corrected chi connectivity index (χ3v) is 4.67. The Morgan fingerprint density at radius 3 is 2.96 bits per heavy atom. The molecule has 27 heavy (non-hydrogen) atoms. The van der Waals surface area contributed by atoms with Crippen molar-refractivity contribution in [1.29, 1.82) is 0 Å². The summed E-state index contributed by atoms with van der Waals surface area (Å²) >= 11 is 0. The number of rotatable bonds is 6. The molecule has 0 unspecified atom stereocenters. The van der Waals surface area contributed by atoms with Crippen LogP contribution in [0.25, 0.3) is 6.08 Å². The number of amides is 1. The topological polar surface area (TPSA) is 63.6 Å². The van der Waals surface area contributed by atoms with Gasteiger partial charge in [0.15, 0.2) is 0 Å². The first-order chi connectivity index (χ1) is 13.1. The normalized spacial score (nSPS) is 13.6. The van der Waals surface area contributed by atoms with Crippen LogP contribution in [-0.2, 0) is 22.5 Å². The first-order valence-corrected chi connectivity index (χ1v) is 9.09. The number of aryl methyl sites for hydroxylation is 1. The molecule has 0 aliphatic carbocycles. The summed E-state index contributed by atoms with van der Waals surface area (Å²) < 4.78 is 6.51. The minimum atomic E-state index is -0.234. The van der Waals surface area contributed by atoms with Gasteiger partial charge in [0.1, 0.15) is 0 Å². The number of pyridine rings is 1. The van der Waals surface area contributed by atoms with Crippen LogP contribution in [0.15, 0.2) is 47.4 Å². The number of carbonyl (C=O) groups excluding carboxylic acids is 1. The summed E-state index contributed by atoms with van der Waals surface area (Å²) in [4.78, 5) is 26.3. The predicted octanol–water partition coefficient (Wildman–Crippen LogP) is 2.53. The van der Waals surface area contributed by atoms with Gasteiger partial charge < -0.3 is 19.5 Å². The number of ether oxygens (including phenoxy) is 1. The predicted molar refractivity (Wildman–Crippen MR) is 108 cm³/mol. The number of nitrogens with zero attached hydrogens (tertiary/aromatic N) is 2. The number of methoxy groups -OCH3 is 1. The highest BCUT2D eigenvalue weighted by Gasteiger charge is 2.13. The molecule has 0 atom stereocenters. The van der Waals surface area contributed by atoms with Gasteiger partial charge in [-0.3, -0.25) is 9.59 Å². The van der Waals surface area contributed by atoms with E-state index >= 15 is 0 Å². The molecular weight excluding hydrogens is 342 g/mol. The average molecular weight is 367 g/mol. The summed E-state index contributed by atoms with van der Waals surface area (Å²) in [5.74, 6) is -0.234. The first kappa shape index (κ1) is 18.9. The fourth-order valence-electron chi connectivity index (χ4n) is 3.23. The van der Waals surface area contributed by atoms with Gasteiger partial charge in [-0.1, -0.05) is 6.07 Å². The molecule has 142 valence electrons. The van der Waals surface area contributed by atoms with Crippen LogP contribution < -0.4 is 15.8 Å². The van der Waals surface area contributed by atoms with E-state index in [0.29, 0.717) is 18.8 Å². The maximum atomic E-state index is 12.2. The fraction of sp³-hybridized carbons (Fsp3) is 0.333. The van der Waals surface area contributed by atoms with Gasteiger partial charge in [-0.25, -0.2) is 0 Å². The SMILES string of the molecule is COCCn1cc(NC(=O)/C=C/c2ccc3c(c2)CCCN3C)ccc1=O. The summed E-state index contributed by atoms with van der Waals surface area (Å²) in [5.41, 5.74) is 4.04. The van der Waals surface area contributed by atoms with Gasteiger partial charge in [0, 0.05) is 51.3 Å². The first-order valence-electron chi connectivity index (χ1n) is 9.09. The molecule has 1 N–H and O–H groups in total. The van der Waals surface area contributed by atoms with Gasteiger partial charge >= 0.3 is 0 Å². The second kappa shape index (κ2) is 8.68. The number of carbonyl (C=O) groups is 1. The van der Waals surface area contributed by atoms with E-state index in [1.165, 1.54) is 28.0 Å². The Hall–Kier alpha value is -2.86. The number of hydrogen-bond donors (Lipinski definition) is 1. The molecule has 0 spiro atoms. The van der Waals surface area contributed by atoms with E-state index in [2.05, 4.69) is 29.4 Å². The lowest BCUT2D eigenvalue weighted by molar-refractivity contribution is -0.111. The Morgan fingerprint density at radius 2 is 2.15 bits per heavy atom. The van der Waals surface area contributed by atoms with Gasteiger partial charge in [0.25, 0.3) is 5.56 Å². The highest BCUT2D eigenvalue weighted by molar-refractivity contribution is 6.01. The number of anilines is 2. The highest BCUT2D eigenvalue weighted by atomic mass is 16.5. The lowest BCUT2D eigenvalue weighted by Gasteiger charge is -2.27. The molecule has 0 saturated heterocycles. The number of hydrogen-bond acceptors (Lipinski definition) is 4. The van der Waals surface area contributed by atoms with Crippen LogP contribution in [0.5, 0.6) is 0 Å². The van der Waals surface area contributed by atoms with E-state index in [0.717, 1.165) is 24.9 Å². The smallest absolute Gasteiger partial charge is 0.250 e. The van der Waals surface area contributed by atoms with Crippen molar-refractivity contribution in [3.05, 3.63) is 64.1 Å². The maximum Gasteiger partial charge on any atom is 0.250 e. The lowest BCUT2D eigenvalue weighted by Crippen LogP contribution is -2.24. The van der Waals surface area contributed by atoms with E-state index in [9.17, 15) is 9.59 Å². The van der Waals surface area contributed by atoms with E-state index in [1.807, 2.05) is 12.1 Å². The third kappa shape index (κ3) is 4.86. The molecule has 6 nitrogen and oxygen atoms in total. The zero-order chi connectivity index (χ0) is 19.2. The summed E-state index contributed by atoms with van der Waals surface area (Å²) in [7, 11) is 3.69. The monoisotopic (exact) mass is 367 g/mol. The standard InChI is InChI=1S/C21H25N3O3/c1-23-11-3-4-17-14-16(5-8-19(17)23)6-9-20(25)22-18-7-10-21(26)24(15-18)12-13-27-2/h5-10,14-15H,3-4,11-13H2,1-2H3,(H,22,25)/b9-6+. The van der Waals surface area contributed by atoms with Crippen molar-refractivity contribution in [2.75, 3.05) is 37.5 Å². The van der Waals surface area contributed by atoms with Crippen molar-refractivity contribution in [2.45, 2.75) is 19.4 Å². The Balaban J connectivity index is 1.66. The molecule has 0 bridgehead atoms. The van der Waals surface area contributed by atoms with Crippen molar-refractivity contribution >= 4 is 23.4 Å². The number of fused-ring (bicyclic) bond motifs is 1.